The maximum Gasteiger partial charge on any atom is 0.263 e. The van der Waals surface area contributed by atoms with E-state index in [0.717, 1.165) is 23.3 Å². The van der Waals surface area contributed by atoms with E-state index in [1.807, 2.05) is 54.6 Å². The summed E-state index contributed by atoms with van der Waals surface area (Å²) in [7, 11) is 1.64. The van der Waals surface area contributed by atoms with Gasteiger partial charge >= 0.3 is 0 Å². The maximum absolute atomic E-state index is 12.5. The van der Waals surface area contributed by atoms with Crippen LogP contribution < -0.4 is 15.8 Å². The molecule has 3 N–H and O–H groups in total. The molecule has 0 saturated carbocycles. The van der Waals surface area contributed by atoms with Crippen molar-refractivity contribution in [2.45, 2.75) is 6.42 Å². The Hall–Kier alpha value is -2.86. The molecule has 1 amide bonds. The summed E-state index contributed by atoms with van der Waals surface area (Å²) in [5, 5.41) is 3.33. The lowest BCUT2D eigenvalue weighted by Gasteiger charge is -2.06. The highest BCUT2D eigenvalue weighted by atomic mass is 32.1. The van der Waals surface area contributed by atoms with E-state index in [1.54, 1.807) is 7.11 Å². The Morgan fingerprint density at radius 3 is 2.56 bits per heavy atom. The standard InChI is InChI=1S/C19H19N3O2S/c1-24-15-9-7-13(8-10-15)11-12-21-18(23)17-16(22-19(20)25-17)14-5-3-2-4-6-14/h2-10H,11-12H2,1H3,(H2,20,22)(H,21,23). The molecule has 0 fully saturated rings. The van der Waals surface area contributed by atoms with Crippen LogP contribution in [0.4, 0.5) is 5.13 Å². The van der Waals surface area contributed by atoms with Gasteiger partial charge in [0.2, 0.25) is 0 Å². The number of nitrogens with one attached hydrogen (secondary N) is 1. The minimum Gasteiger partial charge on any atom is -0.497 e. The van der Waals surface area contributed by atoms with Gasteiger partial charge in [0, 0.05) is 12.1 Å². The molecule has 2 aromatic carbocycles. The summed E-state index contributed by atoms with van der Waals surface area (Å²) in [6.07, 6.45) is 0.741. The summed E-state index contributed by atoms with van der Waals surface area (Å²) in [6, 6.07) is 17.4. The van der Waals surface area contributed by atoms with Crippen LogP contribution in [0.1, 0.15) is 15.2 Å². The van der Waals surface area contributed by atoms with Gasteiger partial charge in [0.15, 0.2) is 5.13 Å². The van der Waals surface area contributed by atoms with Crippen LogP contribution in [0.5, 0.6) is 5.75 Å². The summed E-state index contributed by atoms with van der Waals surface area (Å²) in [5.41, 5.74) is 8.46. The number of carbonyl (C=O) groups is 1. The summed E-state index contributed by atoms with van der Waals surface area (Å²) < 4.78 is 5.14. The predicted molar refractivity (Wildman–Crippen MR) is 101 cm³/mol. The van der Waals surface area contributed by atoms with E-state index in [1.165, 1.54) is 11.3 Å². The number of thiazole rings is 1. The van der Waals surface area contributed by atoms with Crippen LogP contribution in [0, 0.1) is 0 Å². The van der Waals surface area contributed by atoms with E-state index >= 15 is 0 Å². The fourth-order valence-electron chi connectivity index (χ4n) is 2.48. The fourth-order valence-corrected chi connectivity index (χ4v) is 3.25. The first-order valence-electron chi connectivity index (χ1n) is 7.90. The minimum atomic E-state index is -0.151. The Bertz CT molecular complexity index is 845. The summed E-state index contributed by atoms with van der Waals surface area (Å²) >= 11 is 1.21. The number of amides is 1. The van der Waals surface area contributed by atoms with Gasteiger partial charge in [0.05, 0.1) is 12.8 Å². The van der Waals surface area contributed by atoms with Gasteiger partial charge in [-0.3, -0.25) is 4.79 Å². The number of hydrogen-bond donors (Lipinski definition) is 2. The van der Waals surface area contributed by atoms with E-state index < -0.39 is 0 Å². The smallest absolute Gasteiger partial charge is 0.263 e. The molecule has 128 valence electrons. The van der Waals surface area contributed by atoms with Crippen molar-refractivity contribution >= 4 is 22.4 Å². The normalized spacial score (nSPS) is 10.4. The Morgan fingerprint density at radius 2 is 1.88 bits per heavy atom. The molecule has 0 atom stereocenters. The number of carbonyl (C=O) groups excluding carboxylic acids is 1. The van der Waals surface area contributed by atoms with Crippen LogP contribution in [0.2, 0.25) is 0 Å². The first-order valence-corrected chi connectivity index (χ1v) is 8.72. The molecule has 5 nitrogen and oxygen atoms in total. The van der Waals surface area contributed by atoms with Gasteiger partial charge in [-0.1, -0.05) is 53.8 Å². The lowest BCUT2D eigenvalue weighted by atomic mass is 10.1. The van der Waals surface area contributed by atoms with Crippen LogP contribution in [0.15, 0.2) is 54.6 Å². The molecule has 25 heavy (non-hydrogen) atoms. The second-order valence-corrected chi connectivity index (χ2v) is 6.48. The molecule has 6 heteroatoms. The number of anilines is 1. The molecule has 3 rings (SSSR count). The van der Waals surface area contributed by atoms with Gasteiger partial charge < -0.3 is 15.8 Å². The third-order valence-electron chi connectivity index (χ3n) is 3.76. The Labute approximate surface area is 150 Å². The molecular formula is C19H19N3O2S. The summed E-state index contributed by atoms with van der Waals surface area (Å²) in [6.45, 7) is 0.539. The topological polar surface area (TPSA) is 77.2 Å². The van der Waals surface area contributed by atoms with Crippen molar-refractivity contribution in [1.29, 1.82) is 0 Å². The van der Waals surface area contributed by atoms with Crippen LogP contribution in [-0.2, 0) is 6.42 Å². The van der Waals surface area contributed by atoms with Gasteiger partial charge in [-0.05, 0) is 24.1 Å². The molecule has 0 aliphatic heterocycles. The quantitative estimate of drug-likeness (QED) is 0.712. The van der Waals surface area contributed by atoms with Crippen LogP contribution in [0.3, 0.4) is 0 Å². The zero-order valence-corrected chi connectivity index (χ0v) is 14.7. The third-order valence-corrected chi connectivity index (χ3v) is 4.64. The summed E-state index contributed by atoms with van der Waals surface area (Å²) in [5.74, 6) is 0.669. The Morgan fingerprint density at radius 1 is 1.16 bits per heavy atom. The molecule has 0 aliphatic rings. The maximum atomic E-state index is 12.5. The van der Waals surface area contributed by atoms with Gasteiger partial charge in [0.25, 0.3) is 5.91 Å². The molecule has 0 saturated heterocycles. The van der Waals surface area contributed by atoms with Crippen molar-refractivity contribution in [2.75, 3.05) is 19.4 Å². The molecule has 3 aromatic rings. The van der Waals surface area contributed by atoms with E-state index in [2.05, 4.69) is 10.3 Å². The SMILES string of the molecule is COc1ccc(CCNC(=O)c2sc(N)nc2-c2ccccc2)cc1. The van der Waals surface area contributed by atoms with Crippen molar-refractivity contribution in [3.63, 3.8) is 0 Å². The first kappa shape index (κ1) is 17.0. The highest BCUT2D eigenvalue weighted by Crippen LogP contribution is 2.29. The van der Waals surface area contributed by atoms with Crippen molar-refractivity contribution in [3.05, 3.63) is 65.0 Å². The number of methoxy groups -OCH3 is 1. The van der Waals surface area contributed by atoms with Gasteiger partial charge in [-0.25, -0.2) is 4.98 Å². The van der Waals surface area contributed by atoms with Gasteiger partial charge in [0.1, 0.15) is 10.6 Å². The van der Waals surface area contributed by atoms with E-state index in [4.69, 9.17) is 10.5 Å². The van der Waals surface area contributed by atoms with E-state index in [-0.39, 0.29) is 5.91 Å². The number of nitrogen functional groups attached to an aromatic ring is 1. The van der Waals surface area contributed by atoms with Crippen LogP contribution in [-0.4, -0.2) is 24.5 Å². The van der Waals surface area contributed by atoms with Crippen molar-refractivity contribution in [1.82, 2.24) is 10.3 Å². The van der Waals surface area contributed by atoms with Crippen LogP contribution in [0.25, 0.3) is 11.3 Å². The number of nitrogens with zero attached hydrogens (tertiary/aromatic N) is 1. The number of aromatic nitrogens is 1. The zero-order valence-electron chi connectivity index (χ0n) is 13.9. The van der Waals surface area contributed by atoms with E-state index in [0.29, 0.717) is 22.2 Å². The van der Waals surface area contributed by atoms with Crippen molar-refractivity contribution in [2.24, 2.45) is 0 Å². The fraction of sp³-hybridized carbons (Fsp3) is 0.158. The van der Waals surface area contributed by atoms with Gasteiger partial charge in [-0.2, -0.15) is 0 Å². The molecule has 1 aromatic heterocycles. The first-order chi connectivity index (χ1) is 12.2. The lowest BCUT2D eigenvalue weighted by Crippen LogP contribution is -2.25. The lowest BCUT2D eigenvalue weighted by molar-refractivity contribution is 0.0958. The highest BCUT2D eigenvalue weighted by molar-refractivity contribution is 7.17. The Balaban J connectivity index is 1.65. The number of hydrogen-bond acceptors (Lipinski definition) is 5. The monoisotopic (exact) mass is 353 g/mol. The number of rotatable bonds is 6. The van der Waals surface area contributed by atoms with Crippen molar-refractivity contribution < 1.29 is 9.53 Å². The van der Waals surface area contributed by atoms with E-state index in [9.17, 15) is 4.79 Å². The molecular weight excluding hydrogens is 334 g/mol. The number of ether oxygens (including phenoxy) is 1. The predicted octanol–water partition coefficient (Wildman–Crippen LogP) is 3.37. The van der Waals surface area contributed by atoms with Crippen molar-refractivity contribution in [3.8, 4) is 17.0 Å². The minimum absolute atomic E-state index is 0.151. The Kier molecular flexibility index (Phi) is 5.30. The van der Waals surface area contributed by atoms with Crippen LogP contribution >= 0.6 is 11.3 Å². The molecule has 1 heterocycles. The number of nitrogens with two attached hydrogens (primary N) is 1. The average molecular weight is 353 g/mol. The average Bonchev–Trinajstić information content (AvgIpc) is 3.05. The molecule has 0 spiro atoms. The molecule has 0 radical (unpaired) electrons. The second kappa shape index (κ2) is 7.81. The number of benzene rings is 2. The summed E-state index contributed by atoms with van der Waals surface area (Å²) in [4.78, 5) is 17.4. The highest BCUT2D eigenvalue weighted by Gasteiger charge is 2.18. The van der Waals surface area contributed by atoms with Gasteiger partial charge in [-0.15, -0.1) is 0 Å². The zero-order chi connectivity index (χ0) is 17.6. The largest absolute Gasteiger partial charge is 0.497 e. The molecule has 0 bridgehead atoms. The second-order valence-electron chi connectivity index (χ2n) is 5.45. The third kappa shape index (κ3) is 4.16. The molecule has 0 unspecified atom stereocenters. The molecule has 0 aliphatic carbocycles.